The second-order valence-corrected chi connectivity index (χ2v) is 6.63. The summed E-state index contributed by atoms with van der Waals surface area (Å²) in [6, 6.07) is 7.90. The summed E-state index contributed by atoms with van der Waals surface area (Å²) in [4.78, 5) is 26.9. The predicted octanol–water partition coefficient (Wildman–Crippen LogP) is 1.36. The van der Waals surface area contributed by atoms with Gasteiger partial charge in [0.15, 0.2) is 0 Å². The molecular formula is C16H13N2O3S2-. The number of hydrogen-bond donors (Lipinski definition) is 0. The van der Waals surface area contributed by atoms with E-state index in [2.05, 4.69) is 0 Å². The van der Waals surface area contributed by atoms with Crippen LogP contribution in [0.25, 0.3) is 6.08 Å². The van der Waals surface area contributed by atoms with Crippen molar-refractivity contribution in [2.75, 3.05) is 18.0 Å². The van der Waals surface area contributed by atoms with Crippen LogP contribution in [0.1, 0.15) is 12.5 Å². The molecule has 0 unspecified atom stereocenters. The second kappa shape index (κ2) is 6.17. The van der Waals surface area contributed by atoms with E-state index >= 15 is 0 Å². The first kappa shape index (κ1) is 15.8. The first-order valence-corrected chi connectivity index (χ1v) is 8.28. The zero-order chi connectivity index (χ0) is 16.6. The molecule has 3 rings (SSSR count). The van der Waals surface area contributed by atoms with Crippen LogP contribution >= 0.6 is 24.0 Å². The normalized spacial score (nSPS) is 20.2. The summed E-state index contributed by atoms with van der Waals surface area (Å²) in [5.41, 5.74) is 2.82. The van der Waals surface area contributed by atoms with Gasteiger partial charge in [-0.15, -0.1) is 0 Å². The number of carbonyl (C=O) groups is 2. The van der Waals surface area contributed by atoms with Crippen LogP contribution in [0, 0.1) is 0 Å². The minimum Gasteiger partial charge on any atom is -0.548 e. The van der Waals surface area contributed by atoms with Gasteiger partial charge in [-0.3, -0.25) is 9.69 Å². The van der Waals surface area contributed by atoms with Gasteiger partial charge in [-0.05, 0) is 24.6 Å². The molecule has 1 aromatic carbocycles. The molecule has 0 atom stereocenters. The van der Waals surface area contributed by atoms with Crippen LogP contribution in [0.2, 0.25) is 0 Å². The molecule has 0 radical (unpaired) electrons. The van der Waals surface area contributed by atoms with Crippen molar-refractivity contribution >= 4 is 51.9 Å². The van der Waals surface area contributed by atoms with Crippen molar-refractivity contribution in [3.8, 4) is 0 Å². The van der Waals surface area contributed by atoms with Gasteiger partial charge in [0.2, 0.25) is 0 Å². The number of carboxylic acids is 1. The molecule has 2 aliphatic rings. The standard InChI is InChI=1S/C16H14N2O3S2/c1-2-17-11-6-4-3-5-10(11)7-8-12(17)14-15(21)18(9-13(19)20)16(22)23-14/h3-8H,2,9H2,1H3,(H,19,20)/p-1. The maximum Gasteiger partial charge on any atom is 0.268 e. The van der Waals surface area contributed by atoms with Gasteiger partial charge in [0.05, 0.1) is 18.2 Å². The zero-order valence-corrected chi connectivity index (χ0v) is 13.9. The fourth-order valence-electron chi connectivity index (χ4n) is 2.62. The first-order chi connectivity index (χ1) is 11.0. The monoisotopic (exact) mass is 345 g/mol. The van der Waals surface area contributed by atoms with Crippen LogP contribution in [0.15, 0.2) is 40.9 Å². The number of aliphatic carboxylic acids is 1. The molecule has 0 aromatic heterocycles. The van der Waals surface area contributed by atoms with E-state index in [0.717, 1.165) is 33.6 Å². The molecule has 23 heavy (non-hydrogen) atoms. The Labute approximate surface area is 143 Å². The van der Waals surface area contributed by atoms with Gasteiger partial charge < -0.3 is 14.8 Å². The molecule has 1 aromatic rings. The van der Waals surface area contributed by atoms with E-state index in [0.29, 0.717) is 11.4 Å². The van der Waals surface area contributed by atoms with Gasteiger partial charge >= 0.3 is 0 Å². The van der Waals surface area contributed by atoms with E-state index in [4.69, 9.17) is 12.2 Å². The molecule has 118 valence electrons. The topological polar surface area (TPSA) is 63.7 Å². The molecule has 5 nitrogen and oxygen atoms in total. The number of fused-ring (bicyclic) bond motifs is 1. The molecule has 2 heterocycles. The lowest BCUT2D eigenvalue weighted by molar-refractivity contribution is -0.305. The van der Waals surface area contributed by atoms with E-state index in [9.17, 15) is 14.7 Å². The van der Waals surface area contributed by atoms with Crippen molar-refractivity contribution in [2.24, 2.45) is 0 Å². The number of allylic oxidation sites excluding steroid dienone is 1. The van der Waals surface area contributed by atoms with E-state index in [-0.39, 0.29) is 10.2 Å². The Kier molecular flexibility index (Phi) is 4.23. The summed E-state index contributed by atoms with van der Waals surface area (Å²) >= 11 is 6.26. The number of benzene rings is 1. The van der Waals surface area contributed by atoms with Crippen molar-refractivity contribution in [1.29, 1.82) is 0 Å². The second-order valence-electron chi connectivity index (χ2n) is 4.98. The van der Waals surface area contributed by atoms with Crippen LogP contribution in [0.3, 0.4) is 0 Å². The number of anilines is 1. The van der Waals surface area contributed by atoms with Crippen LogP contribution in [0.4, 0.5) is 5.69 Å². The number of likely N-dealkylation sites (N-methyl/N-ethyl adjacent to an activating group) is 1. The third kappa shape index (κ3) is 2.77. The lowest BCUT2D eigenvalue weighted by atomic mass is 10.1. The highest BCUT2D eigenvalue weighted by Gasteiger charge is 2.36. The van der Waals surface area contributed by atoms with Crippen LogP contribution in [0.5, 0.6) is 0 Å². The molecule has 7 heteroatoms. The summed E-state index contributed by atoms with van der Waals surface area (Å²) in [6.45, 7) is 2.16. The maximum absolute atomic E-state index is 12.5. The number of thiocarbonyl (C=S) groups is 1. The zero-order valence-electron chi connectivity index (χ0n) is 12.3. The summed E-state index contributed by atoms with van der Waals surface area (Å²) < 4.78 is 0.241. The summed E-state index contributed by atoms with van der Waals surface area (Å²) in [5.74, 6) is -1.72. The molecule has 2 aliphatic heterocycles. The number of nitrogens with zero attached hydrogens (tertiary/aromatic N) is 2. The first-order valence-electron chi connectivity index (χ1n) is 7.05. The molecule has 1 amide bonds. The number of thioether (sulfide) groups is 1. The number of hydrogen-bond acceptors (Lipinski definition) is 6. The average molecular weight is 345 g/mol. The van der Waals surface area contributed by atoms with Crippen molar-refractivity contribution in [3.63, 3.8) is 0 Å². The molecule has 0 N–H and O–H groups in total. The van der Waals surface area contributed by atoms with Gasteiger partial charge in [0.1, 0.15) is 9.23 Å². The largest absolute Gasteiger partial charge is 0.548 e. The van der Waals surface area contributed by atoms with Crippen molar-refractivity contribution in [1.82, 2.24) is 4.90 Å². The Morgan fingerprint density at radius 2 is 2.00 bits per heavy atom. The molecule has 1 saturated heterocycles. The maximum atomic E-state index is 12.5. The van der Waals surface area contributed by atoms with Crippen LogP contribution in [-0.4, -0.2) is 34.2 Å². The lowest BCUT2D eigenvalue weighted by Crippen LogP contribution is -2.40. The lowest BCUT2D eigenvalue weighted by Gasteiger charge is -2.30. The van der Waals surface area contributed by atoms with Crippen LogP contribution in [-0.2, 0) is 9.59 Å². The van der Waals surface area contributed by atoms with Crippen molar-refractivity contribution in [2.45, 2.75) is 6.92 Å². The van der Waals surface area contributed by atoms with Crippen molar-refractivity contribution in [3.05, 3.63) is 46.5 Å². The smallest absolute Gasteiger partial charge is 0.268 e. The number of amides is 1. The number of carbonyl (C=O) groups excluding carboxylic acids is 2. The summed E-state index contributed by atoms with van der Waals surface area (Å²) in [7, 11) is 0. The number of rotatable bonds is 3. The minimum absolute atomic E-state index is 0.241. The Morgan fingerprint density at radius 1 is 1.26 bits per heavy atom. The molecule has 0 bridgehead atoms. The van der Waals surface area contributed by atoms with E-state index in [1.165, 1.54) is 0 Å². The SMILES string of the molecule is CCN1C(=C2SC(=S)N(CC(=O)[O-])C2=O)C=Cc2ccccc21. The third-order valence-corrected chi connectivity index (χ3v) is 5.08. The minimum atomic E-state index is -1.33. The van der Waals surface area contributed by atoms with Gasteiger partial charge in [-0.2, -0.15) is 0 Å². The van der Waals surface area contributed by atoms with Gasteiger partial charge in [0, 0.05) is 12.2 Å². The fraction of sp³-hybridized carbons (Fsp3) is 0.188. The number of para-hydroxylation sites is 1. The highest BCUT2D eigenvalue weighted by atomic mass is 32.2. The summed E-state index contributed by atoms with van der Waals surface area (Å²) in [6.07, 6.45) is 3.82. The summed E-state index contributed by atoms with van der Waals surface area (Å²) in [5, 5.41) is 10.8. The highest BCUT2D eigenvalue weighted by molar-refractivity contribution is 8.26. The van der Waals surface area contributed by atoms with Gasteiger partial charge in [-0.1, -0.05) is 48.3 Å². The highest BCUT2D eigenvalue weighted by Crippen LogP contribution is 2.39. The number of carboxylic acid groups (broad SMARTS) is 1. The third-order valence-electron chi connectivity index (χ3n) is 3.62. The molecule has 0 saturated carbocycles. The molecule has 0 aliphatic carbocycles. The Hall–Kier alpha value is -2.12. The van der Waals surface area contributed by atoms with Crippen molar-refractivity contribution < 1.29 is 14.7 Å². The Bertz CT molecular complexity index is 770. The van der Waals surface area contributed by atoms with E-state index in [1.54, 1.807) is 0 Å². The molecule has 0 spiro atoms. The molecule has 1 fully saturated rings. The quantitative estimate of drug-likeness (QED) is 0.609. The van der Waals surface area contributed by atoms with E-state index in [1.807, 2.05) is 48.2 Å². The average Bonchev–Trinajstić information content (AvgIpc) is 2.81. The Morgan fingerprint density at radius 3 is 2.70 bits per heavy atom. The molecular weight excluding hydrogens is 332 g/mol. The fourth-order valence-corrected chi connectivity index (χ4v) is 3.93. The predicted molar refractivity (Wildman–Crippen MR) is 92.4 cm³/mol. The van der Waals surface area contributed by atoms with Gasteiger partial charge in [-0.25, -0.2) is 0 Å². The van der Waals surface area contributed by atoms with E-state index < -0.39 is 12.5 Å². The Balaban J connectivity index is 2.04. The van der Waals surface area contributed by atoms with Crippen LogP contribution < -0.4 is 10.0 Å². The van der Waals surface area contributed by atoms with Gasteiger partial charge in [0.25, 0.3) is 5.91 Å².